The summed E-state index contributed by atoms with van der Waals surface area (Å²) < 4.78 is 9.85. The van der Waals surface area contributed by atoms with Crippen molar-refractivity contribution in [1.29, 1.82) is 0 Å². The maximum absolute atomic E-state index is 12.2. The number of carbonyl (C=O) groups is 2. The van der Waals surface area contributed by atoms with Gasteiger partial charge >= 0.3 is 6.09 Å². The Morgan fingerprint density at radius 2 is 2.21 bits per heavy atom. The van der Waals surface area contributed by atoms with Crippen LogP contribution in [-0.4, -0.2) is 36.4 Å². The van der Waals surface area contributed by atoms with Crippen molar-refractivity contribution < 1.29 is 18.8 Å². The molecule has 24 heavy (non-hydrogen) atoms. The van der Waals surface area contributed by atoms with Crippen molar-refractivity contribution in [2.24, 2.45) is 0 Å². The predicted octanol–water partition coefficient (Wildman–Crippen LogP) is 2.38. The molecule has 1 aliphatic heterocycles. The van der Waals surface area contributed by atoms with Gasteiger partial charge in [-0.1, -0.05) is 11.2 Å². The topological polar surface area (TPSA) is 96.7 Å². The summed E-state index contributed by atoms with van der Waals surface area (Å²) in [5.74, 6) is 0.755. The van der Waals surface area contributed by atoms with E-state index in [0.717, 1.165) is 11.4 Å². The number of hydrogen-bond donors (Lipinski definition) is 2. The summed E-state index contributed by atoms with van der Waals surface area (Å²) in [5, 5.41) is 9.49. The lowest BCUT2D eigenvalue weighted by Gasteiger charge is -2.17. The summed E-state index contributed by atoms with van der Waals surface area (Å²) in [6.45, 7) is 4.38. The summed E-state index contributed by atoms with van der Waals surface area (Å²) in [4.78, 5) is 25.4. The summed E-state index contributed by atoms with van der Waals surface area (Å²) in [7, 11) is 0. The average molecular weight is 330 g/mol. The number of nitrogens with one attached hydrogen (secondary N) is 2. The molecule has 1 fully saturated rings. The van der Waals surface area contributed by atoms with Gasteiger partial charge in [-0.05, 0) is 32.0 Å². The molecule has 1 aliphatic rings. The molecule has 3 rings (SSSR count). The van der Waals surface area contributed by atoms with E-state index in [4.69, 9.17) is 9.26 Å². The van der Waals surface area contributed by atoms with Gasteiger partial charge in [0.2, 0.25) is 5.91 Å². The van der Waals surface area contributed by atoms with E-state index in [-0.39, 0.29) is 12.0 Å². The number of cyclic esters (lactones) is 1. The second-order valence-corrected chi connectivity index (χ2v) is 5.49. The highest BCUT2D eigenvalue weighted by atomic mass is 16.6. The van der Waals surface area contributed by atoms with Gasteiger partial charge < -0.3 is 19.9 Å². The molecule has 2 aromatic rings. The average Bonchev–Trinajstić information content (AvgIpc) is 3.16. The van der Waals surface area contributed by atoms with E-state index in [1.807, 2.05) is 18.2 Å². The van der Waals surface area contributed by atoms with Crippen LogP contribution in [0.4, 0.5) is 22.0 Å². The molecule has 2 N–H and O–H groups in total. The van der Waals surface area contributed by atoms with E-state index in [9.17, 15) is 9.59 Å². The summed E-state index contributed by atoms with van der Waals surface area (Å²) in [5.41, 5.74) is 1.45. The molecule has 0 aliphatic carbocycles. The maximum atomic E-state index is 12.2. The highest BCUT2D eigenvalue weighted by Gasteiger charge is 2.24. The van der Waals surface area contributed by atoms with Crippen molar-refractivity contribution in [1.82, 2.24) is 5.16 Å². The minimum Gasteiger partial charge on any atom is -0.447 e. The summed E-state index contributed by atoms with van der Waals surface area (Å²) >= 11 is 0. The molecule has 1 aromatic heterocycles. The summed E-state index contributed by atoms with van der Waals surface area (Å²) in [6, 6.07) is 8.41. The van der Waals surface area contributed by atoms with Gasteiger partial charge in [-0.3, -0.25) is 9.69 Å². The number of hydrogen-bond acceptors (Lipinski definition) is 6. The third-order valence-corrected chi connectivity index (χ3v) is 3.57. The molecule has 1 saturated heterocycles. The van der Waals surface area contributed by atoms with Crippen LogP contribution >= 0.6 is 0 Å². The molecule has 0 unspecified atom stereocenters. The van der Waals surface area contributed by atoms with Gasteiger partial charge in [0.1, 0.15) is 18.4 Å². The quantitative estimate of drug-likeness (QED) is 0.874. The van der Waals surface area contributed by atoms with Crippen molar-refractivity contribution in [2.45, 2.75) is 19.9 Å². The third-order valence-electron chi connectivity index (χ3n) is 3.57. The third kappa shape index (κ3) is 3.48. The highest BCUT2D eigenvalue weighted by molar-refractivity contribution is 5.95. The Bertz CT molecular complexity index is 758. The van der Waals surface area contributed by atoms with Crippen molar-refractivity contribution in [3.05, 3.63) is 36.1 Å². The van der Waals surface area contributed by atoms with Crippen LogP contribution in [0.15, 0.2) is 34.9 Å². The molecule has 2 amide bonds. The lowest BCUT2D eigenvalue weighted by Crippen LogP contribution is -2.32. The molecular formula is C16H18N4O4. The normalized spacial score (nSPS) is 15.1. The molecule has 0 spiro atoms. The SMILES string of the molecule is Cc1cc(NC(=O)[C@@H](C)Nc2cccc(N3CCOC3=O)c2)no1. The highest BCUT2D eigenvalue weighted by Crippen LogP contribution is 2.23. The number of nitrogens with zero attached hydrogens (tertiary/aromatic N) is 2. The summed E-state index contributed by atoms with van der Waals surface area (Å²) in [6.07, 6.45) is -0.362. The first-order valence-corrected chi connectivity index (χ1v) is 7.58. The van der Waals surface area contributed by atoms with Crippen LogP contribution in [0.1, 0.15) is 12.7 Å². The zero-order valence-corrected chi connectivity index (χ0v) is 13.4. The smallest absolute Gasteiger partial charge is 0.414 e. The number of rotatable bonds is 5. The number of aromatic nitrogens is 1. The minimum absolute atomic E-state index is 0.241. The van der Waals surface area contributed by atoms with E-state index in [0.29, 0.717) is 24.7 Å². The molecule has 126 valence electrons. The van der Waals surface area contributed by atoms with Crippen molar-refractivity contribution in [3.8, 4) is 0 Å². The minimum atomic E-state index is -0.497. The van der Waals surface area contributed by atoms with E-state index < -0.39 is 6.04 Å². The van der Waals surface area contributed by atoms with E-state index in [2.05, 4.69) is 15.8 Å². The van der Waals surface area contributed by atoms with Crippen LogP contribution in [0, 0.1) is 6.92 Å². The monoisotopic (exact) mass is 330 g/mol. The van der Waals surface area contributed by atoms with Crippen LogP contribution in [0.5, 0.6) is 0 Å². The van der Waals surface area contributed by atoms with Gasteiger partial charge in [-0.15, -0.1) is 0 Å². The number of amides is 2. The molecule has 1 aromatic carbocycles. The van der Waals surface area contributed by atoms with Gasteiger partial charge in [-0.25, -0.2) is 4.79 Å². The number of ether oxygens (including phenoxy) is 1. The maximum Gasteiger partial charge on any atom is 0.414 e. The second kappa shape index (κ2) is 6.61. The molecule has 0 radical (unpaired) electrons. The number of anilines is 3. The largest absolute Gasteiger partial charge is 0.447 e. The van der Waals surface area contributed by atoms with Crippen LogP contribution in [-0.2, 0) is 9.53 Å². The van der Waals surface area contributed by atoms with Gasteiger partial charge in [-0.2, -0.15) is 0 Å². The lowest BCUT2D eigenvalue weighted by molar-refractivity contribution is -0.116. The fourth-order valence-electron chi connectivity index (χ4n) is 2.37. The van der Waals surface area contributed by atoms with E-state index in [1.165, 1.54) is 0 Å². The lowest BCUT2D eigenvalue weighted by atomic mass is 10.2. The fourth-order valence-corrected chi connectivity index (χ4v) is 2.37. The zero-order valence-electron chi connectivity index (χ0n) is 13.4. The van der Waals surface area contributed by atoms with E-state index in [1.54, 1.807) is 30.9 Å². The number of aryl methyl sites for hydroxylation is 1. The van der Waals surface area contributed by atoms with Gasteiger partial charge in [0, 0.05) is 17.4 Å². The first-order chi connectivity index (χ1) is 11.5. The van der Waals surface area contributed by atoms with E-state index >= 15 is 0 Å². The van der Waals surface area contributed by atoms with Crippen LogP contribution in [0.3, 0.4) is 0 Å². The van der Waals surface area contributed by atoms with Crippen molar-refractivity contribution >= 4 is 29.2 Å². The Labute approximate surface area is 138 Å². The Balaban J connectivity index is 1.64. The second-order valence-electron chi connectivity index (χ2n) is 5.49. The van der Waals surface area contributed by atoms with Gasteiger partial charge in [0.05, 0.1) is 6.54 Å². The van der Waals surface area contributed by atoms with Crippen molar-refractivity contribution in [3.63, 3.8) is 0 Å². The molecule has 1 atom stereocenters. The predicted molar refractivity (Wildman–Crippen MR) is 88.1 cm³/mol. The molecule has 0 bridgehead atoms. The molecular weight excluding hydrogens is 312 g/mol. The van der Waals surface area contributed by atoms with Crippen LogP contribution < -0.4 is 15.5 Å². The standard InChI is InChI=1S/C16H18N4O4/c1-10-8-14(19-24-10)18-15(21)11(2)17-12-4-3-5-13(9-12)20-6-7-23-16(20)22/h3-5,8-9,11,17H,6-7H2,1-2H3,(H,18,19,21)/t11-/m1/s1. The molecule has 8 nitrogen and oxygen atoms in total. The fraction of sp³-hybridized carbons (Fsp3) is 0.312. The van der Waals surface area contributed by atoms with Crippen molar-refractivity contribution in [2.75, 3.05) is 28.7 Å². The Morgan fingerprint density at radius 3 is 2.88 bits per heavy atom. The zero-order chi connectivity index (χ0) is 17.1. The Hall–Kier alpha value is -3.03. The number of carbonyl (C=O) groups excluding carboxylic acids is 2. The first-order valence-electron chi connectivity index (χ1n) is 7.58. The molecule has 8 heteroatoms. The van der Waals surface area contributed by atoms with Crippen LogP contribution in [0.25, 0.3) is 0 Å². The molecule has 0 saturated carbocycles. The first kappa shape index (κ1) is 15.9. The van der Waals surface area contributed by atoms with Gasteiger partial charge in [0.15, 0.2) is 5.82 Å². The Morgan fingerprint density at radius 1 is 1.38 bits per heavy atom. The van der Waals surface area contributed by atoms with Gasteiger partial charge in [0.25, 0.3) is 0 Å². The Kier molecular flexibility index (Phi) is 4.37. The van der Waals surface area contributed by atoms with Crippen LogP contribution in [0.2, 0.25) is 0 Å². The number of benzene rings is 1. The molecule has 2 heterocycles.